The van der Waals surface area contributed by atoms with Gasteiger partial charge >= 0.3 is 0 Å². The summed E-state index contributed by atoms with van der Waals surface area (Å²) in [6.45, 7) is 3.62. The topological polar surface area (TPSA) is 49.4 Å². The van der Waals surface area contributed by atoms with E-state index in [1.807, 2.05) is 55.5 Å². The first-order valence-corrected chi connectivity index (χ1v) is 9.29. The molecule has 1 N–H and O–H groups in total. The molecule has 0 aliphatic carbocycles. The van der Waals surface area contributed by atoms with Gasteiger partial charge in [0.1, 0.15) is 0 Å². The van der Waals surface area contributed by atoms with Crippen LogP contribution in [0.1, 0.15) is 34.3 Å². The molecule has 5 heteroatoms. The second-order valence-electron chi connectivity index (χ2n) is 6.80. The van der Waals surface area contributed by atoms with Gasteiger partial charge < -0.3 is 10.2 Å². The number of nitrogens with one attached hydrogen (secondary N) is 1. The van der Waals surface area contributed by atoms with E-state index in [4.69, 9.17) is 11.6 Å². The maximum absolute atomic E-state index is 12.7. The highest BCUT2D eigenvalue weighted by Crippen LogP contribution is 2.19. The van der Waals surface area contributed by atoms with Gasteiger partial charge in [-0.2, -0.15) is 0 Å². The molecule has 1 atom stereocenters. The molecule has 2 amide bonds. The first-order chi connectivity index (χ1) is 12.5. The molecule has 136 valence electrons. The van der Waals surface area contributed by atoms with Crippen molar-refractivity contribution in [3.63, 3.8) is 0 Å². The average Bonchev–Trinajstić information content (AvgIpc) is 2.67. The summed E-state index contributed by atoms with van der Waals surface area (Å²) in [5.74, 6) is -0.157. The smallest absolute Gasteiger partial charge is 0.253 e. The van der Waals surface area contributed by atoms with Gasteiger partial charge in [0.15, 0.2) is 0 Å². The Bertz CT molecular complexity index is 789. The SMILES string of the molecule is Cc1cccc(C(=O)N2CCC[C@@H](C(=O)NCc3ccc(Cl)cc3)C2)c1. The monoisotopic (exact) mass is 370 g/mol. The number of amides is 2. The minimum absolute atomic E-state index is 0.00157. The number of rotatable bonds is 4. The van der Waals surface area contributed by atoms with E-state index in [1.54, 1.807) is 4.90 Å². The minimum atomic E-state index is -0.162. The zero-order valence-electron chi connectivity index (χ0n) is 14.9. The zero-order valence-corrected chi connectivity index (χ0v) is 15.6. The molecular weight excluding hydrogens is 348 g/mol. The van der Waals surface area contributed by atoms with Gasteiger partial charge in [-0.15, -0.1) is 0 Å². The van der Waals surface area contributed by atoms with Crippen LogP contribution in [0.4, 0.5) is 0 Å². The van der Waals surface area contributed by atoms with Crippen LogP contribution in [-0.4, -0.2) is 29.8 Å². The number of halogens is 1. The van der Waals surface area contributed by atoms with Crippen LogP contribution in [0, 0.1) is 12.8 Å². The van der Waals surface area contributed by atoms with Crippen molar-refractivity contribution in [2.45, 2.75) is 26.3 Å². The summed E-state index contributed by atoms with van der Waals surface area (Å²) in [7, 11) is 0. The van der Waals surface area contributed by atoms with Crippen molar-refractivity contribution in [2.24, 2.45) is 5.92 Å². The molecule has 1 saturated heterocycles. The lowest BCUT2D eigenvalue weighted by Gasteiger charge is -2.32. The number of carbonyl (C=O) groups excluding carboxylic acids is 2. The summed E-state index contributed by atoms with van der Waals surface area (Å²) in [6, 6.07) is 15.0. The van der Waals surface area contributed by atoms with E-state index in [9.17, 15) is 9.59 Å². The average molecular weight is 371 g/mol. The molecule has 1 aliphatic heterocycles. The Balaban J connectivity index is 1.58. The van der Waals surface area contributed by atoms with Crippen LogP contribution >= 0.6 is 11.6 Å². The highest BCUT2D eigenvalue weighted by molar-refractivity contribution is 6.30. The van der Waals surface area contributed by atoms with Crippen LogP contribution in [0.2, 0.25) is 5.02 Å². The van der Waals surface area contributed by atoms with Gasteiger partial charge in [0.2, 0.25) is 5.91 Å². The van der Waals surface area contributed by atoms with Gasteiger partial charge in [0.25, 0.3) is 5.91 Å². The molecule has 2 aromatic rings. The highest BCUT2D eigenvalue weighted by atomic mass is 35.5. The summed E-state index contributed by atoms with van der Waals surface area (Å²) in [5.41, 5.74) is 2.75. The van der Waals surface area contributed by atoms with E-state index >= 15 is 0 Å². The van der Waals surface area contributed by atoms with Crippen molar-refractivity contribution in [3.8, 4) is 0 Å². The van der Waals surface area contributed by atoms with Crippen LogP contribution in [0.3, 0.4) is 0 Å². The van der Waals surface area contributed by atoms with Gasteiger partial charge in [-0.25, -0.2) is 0 Å². The summed E-state index contributed by atoms with van der Waals surface area (Å²) in [5, 5.41) is 3.65. The van der Waals surface area contributed by atoms with E-state index in [2.05, 4.69) is 5.32 Å². The third kappa shape index (κ3) is 4.64. The zero-order chi connectivity index (χ0) is 18.5. The Labute approximate surface area is 159 Å². The number of carbonyl (C=O) groups is 2. The van der Waals surface area contributed by atoms with Crippen LogP contribution in [0.15, 0.2) is 48.5 Å². The molecule has 1 heterocycles. The van der Waals surface area contributed by atoms with Crippen LogP contribution in [0.25, 0.3) is 0 Å². The highest BCUT2D eigenvalue weighted by Gasteiger charge is 2.28. The number of benzene rings is 2. The Morgan fingerprint density at radius 1 is 1.19 bits per heavy atom. The number of aryl methyl sites for hydroxylation is 1. The van der Waals surface area contributed by atoms with E-state index in [0.717, 1.165) is 24.0 Å². The number of hydrogen-bond acceptors (Lipinski definition) is 2. The maximum atomic E-state index is 12.7. The van der Waals surface area contributed by atoms with Crippen LogP contribution < -0.4 is 5.32 Å². The van der Waals surface area contributed by atoms with Gasteiger partial charge in [0, 0.05) is 30.2 Å². The van der Waals surface area contributed by atoms with Crippen LogP contribution in [0.5, 0.6) is 0 Å². The molecule has 0 unspecified atom stereocenters. The lowest BCUT2D eigenvalue weighted by Crippen LogP contribution is -2.45. The molecule has 3 rings (SSSR count). The van der Waals surface area contributed by atoms with E-state index < -0.39 is 0 Å². The van der Waals surface area contributed by atoms with Crippen molar-refractivity contribution >= 4 is 23.4 Å². The van der Waals surface area contributed by atoms with Gasteiger partial charge in [0.05, 0.1) is 5.92 Å². The Hall–Kier alpha value is -2.33. The van der Waals surface area contributed by atoms with Gasteiger partial charge in [-0.05, 0) is 49.6 Å². The lowest BCUT2D eigenvalue weighted by atomic mass is 9.96. The normalized spacial score (nSPS) is 17.0. The third-order valence-corrected chi connectivity index (χ3v) is 4.98. The number of hydrogen-bond donors (Lipinski definition) is 1. The Morgan fingerprint density at radius 2 is 1.96 bits per heavy atom. The number of likely N-dealkylation sites (tertiary alicyclic amines) is 1. The summed E-state index contributed by atoms with van der Waals surface area (Å²) in [4.78, 5) is 27.0. The maximum Gasteiger partial charge on any atom is 0.253 e. The number of nitrogens with zero attached hydrogens (tertiary/aromatic N) is 1. The molecule has 2 aromatic carbocycles. The van der Waals surface area contributed by atoms with E-state index in [1.165, 1.54) is 0 Å². The predicted octanol–water partition coefficient (Wildman–Crippen LogP) is 3.82. The molecule has 0 radical (unpaired) electrons. The van der Waals surface area contributed by atoms with Crippen molar-refractivity contribution in [1.29, 1.82) is 0 Å². The molecule has 0 spiro atoms. The second kappa shape index (κ2) is 8.37. The van der Waals surface area contributed by atoms with Gasteiger partial charge in [-0.3, -0.25) is 9.59 Å². The summed E-state index contributed by atoms with van der Waals surface area (Å²) < 4.78 is 0. The standard InChI is InChI=1S/C21H23ClN2O2/c1-15-4-2-5-17(12-15)21(26)24-11-3-6-18(14-24)20(25)23-13-16-7-9-19(22)10-8-16/h2,4-5,7-10,12,18H,3,6,11,13-14H2,1H3,(H,23,25)/t18-/m1/s1. The fraction of sp³-hybridized carbons (Fsp3) is 0.333. The molecule has 0 aromatic heterocycles. The fourth-order valence-electron chi connectivity index (χ4n) is 3.27. The summed E-state index contributed by atoms with van der Waals surface area (Å²) >= 11 is 5.88. The first kappa shape index (κ1) is 18.5. The van der Waals surface area contributed by atoms with Crippen molar-refractivity contribution in [1.82, 2.24) is 10.2 Å². The van der Waals surface area contributed by atoms with E-state index in [-0.39, 0.29) is 17.7 Å². The first-order valence-electron chi connectivity index (χ1n) is 8.91. The van der Waals surface area contributed by atoms with Crippen molar-refractivity contribution in [3.05, 3.63) is 70.2 Å². The molecule has 0 saturated carbocycles. The van der Waals surface area contributed by atoms with E-state index in [0.29, 0.717) is 30.2 Å². The third-order valence-electron chi connectivity index (χ3n) is 4.72. The fourth-order valence-corrected chi connectivity index (χ4v) is 3.40. The minimum Gasteiger partial charge on any atom is -0.352 e. The molecule has 0 bridgehead atoms. The van der Waals surface area contributed by atoms with Crippen molar-refractivity contribution < 1.29 is 9.59 Å². The Morgan fingerprint density at radius 3 is 2.69 bits per heavy atom. The quantitative estimate of drug-likeness (QED) is 0.889. The van der Waals surface area contributed by atoms with Crippen LogP contribution in [-0.2, 0) is 11.3 Å². The number of piperidine rings is 1. The molecule has 4 nitrogen and oxygen atoms in total. The summed E-state index contributed by atoms with van der Waals surface area (Å²) in [6.07, 6.45) is 1.65. The largest absolute Gasteiger partial charge is 0.352 e. The predicted molar refractivity (Wildman–Crippen MR) is 103 cm³/mol. The second-order valence-corrected chi connectivity index (χ2v) is 7.24. The molecule has 1 fully saturated rings. The molecule has 26 heavy (non-hydrogen) atoms. The van der Waals surface area contributed by atoms with Gasteiger partial charge in [-0.1, -0.05) is 41.4 Å². The Kier molecular flexibility index (Phi) is 5.94. The lowest BCUT2D eigenvalue weighted by molar-refractivity contribution is -0.126. The van der Waals surface area contributed by atoms with Crippen molar-refractivity contribution in [2.75, 3.05) is 13.1 Å². The molecule has 1 aliphatic rings. The molecular formula is C21H23ClN2O2.